The van der Waals surface area contributed by atoms with E-state index in [1.807, 2.05) is 63.4 Å². The number of hydrogen-bond donors (Lipinski definition) is 4. The lowest BCUT2D eigenvalue weighted by molar-refractivity contribution is 0.0954. The molecule has 1 heterocycles. The molecule has 200 valence electrons. The second kappa shape index (κ2) is 12.3. The first-order valence-corrected chi connectivity index (χ1v) is 13.0. The van der Waals surface area contributed by atoms with Crippen molar-refractivity contribution in [3.63, 3.8) is 0 Å². The molecule has 0 aliphatic rings. The molecule has 0 saturated carbocycles. The maximum absolute atomic E-state index is 12.5. The summed E-state index contributed by atoms with van der Waals surface area (Å²) < 4.78 is 6.10. The lowest BCUT2D eigenvalue weighted by atomic mass is 9.88. The van der Waals surface area contributed by atoms with Gasteiger partial charge < -0.3 is 25.9 Å². The Labute approximate surface area is 228 Å². The number of carbonyl (C=O) groups excluding carboxylic acids is 2. The summed E-state index contributed by atoms with van der Waals surface area (Å²) in [5.74, 6) is 5.37. The summed E-state index contributed by atoms with van der Waals surface area (Å²) in [5.41, 5.74) is 10.4. The second-order valence-corrected chi connectivity index (χ2v) is 9.61. The van der Waals surface area contributed by atoms with Gasteiger partial charge in [0.25, 0.3) is 11.8 Å². The van der Waals surface area contributed by atoms with E-state index in [2.05, 4.69) is 22.1 Å². The van der Waals surface area contributed by atoms with Crippen molar-refractivity contribution in [2.24, 2.45) is 5.73 Å². The molecular weight excluding hydrogens is 490 g/mol. The summed E-state index contributed by atoms with van der Waals surface area (Å²) in [6.45, 7) is 5.97. The number of aromatic amines is 1. The topological polar surface area (TPSA) is 117 Å². The molecule has 4 rings (SSSR count). The van der Waals surface area contributed by atoms with Crippen LogP contribution in [0.1, 0.15) is 69.7 Å². The van der Waals surface area contributed by atoms with Gasteiger partial charge in [0.2, 0.25) is 0 Å². The molecule has 0 unspecified atom stereocenters. The molecule has 2 amide bonds. The van der Waals surface area contributed by atoms with Gasteiger partial charge >= 0.3 is 0 Å². The molecule has 0 aliphatic heterocycles. The first-order chi connectivity index (χ1) is 18.8. The van der Waals surface area contributed by atoms with Gasteiger partial charge in [0.15, 0.2) is 0 Å². The summed E-state index contributed by atoms with van der Waals surface area (Å²) in [6.07, 6.45) is 2.23. The van der Waals surface area contributed by atoms with Crippen LogP contribution in [0.4, 0.5) is 0 Å². The number of ether oxygens (including phenoxy) is 1. The molecule has 4 aromatic rings. The van der Waals surface area contributed by atoms with Crippen molar-refractivity contribution in [1.82, 2.24) is 10.3 Å². The highest BCUT2D eigenvalue weighted by Gasteiger charge is 2.24. The third kappa shape index (κ3) is 6.49. The zero-order valence-corrected chi connectivity index (χ0v) is 22.4. The van der Waals surface area contributed by atoms with Gasteiger partial charge in [-0.05, 0) is 69.2 Å². The largest absolute Gasteiger partial charge is 0.490 e. The predicted octanol–water partition coefficient (Wildman–Crippen LogP) is 4.52. The fourth-order valence-electron chi connectivity index (χ4n) is 4.56. The van der Waals surface area contributed by atoms with E-state index in [0.717, 1.165) is 16.5 Å². The molecule has 3 aromatic carbocycles. The van der Waals surface area contributed by atoms with Crippen molar-refractivity contribution in [3.05, 3.63) is 100 Å². The molecule has 0 bridgehead atoms. The minimum absolute atomic E-state index is 0.169. The Kier molecular flexibility index (Phi) is 8.70. The molecule has 0 aliphatic carbocycles. The van der Waals surface area contributed by atoms with Crippen LogP contribution in [0.5, 0.6) is 5.75 Å². The van der Waals surface area contributed by atoms with Gasteiger partial charge in [0.05, 0.1) is 18.3 Å². The first kappa shape index (κ1) is 27.5. The number of aromatic nitrogens is 1. The Hall–Kier alpha value is -4.54. The number of primary amides is 1. The second-order valence-electron chi connectivity index (χ2n) is 9.61. The van der Waals surface area contributed by atoms with E-state index in [-0.39, 0.29) is 30.1 Å². The van der Waals surface area contributed by atoms with Crippen LogP contribution in [0.2, 0.25) is 0 Å². The molecule has 0 spiro atoms. The zero-order valence-electron chi connectivity index (χ0n) is 22.4. The summed E-state index contributed by atoms with van der Waals surface area (Å²) in [7, 11) is 0. The highest BCUT2D eigenvalue weighted by atomic mass is 16.5. The van der Waals surface area contributed by atoms with E-state index in [1.54, 1.807) is 24.3 Å². The van der Waals surface area contributed by atoms with Gasteiger partial charge in [-0.25, -0.2) is 0 Å². The summed E-state index contributed by atoms with van der Waals surface area (Å²) in [6, 6.07) is 18.5. The number of nitrogens with two attached hydrogens (primary N) is 1. The number of fused-ring (bicyclic) bond motifs is 1. The monoisotopic (exact) mass is 523 g/mol. The van der Waals surface area contributed by atoms with Crippen molar-refractivity contribution in [2.45, 2.75) is 39.2 Å². The van der Waals surface area contributed by atoms with Crippen LogP contribution in [0, 0.1) is 11.8 Å². The van der Waals surface area contributed by atoms with Crippen LogP contribution in [-0.2, 0) is 6.42 Å². The van der Waals surface area contributed by atoms with Gasteiger partial charge in [0.1, 0.15) is 5.75 Å². The first-order valence-electron chi connectivity index (χ1n) is 13.0. The Morgan fingerprint density at radius 1 is 1.05 bits per heavy atom. The van der Waals surface area contributed by atoms with Crippen LogP contribution >= 0.6 is 0 Å². The normalized spacial score (nSPS) is 11.6. The van der Waals surface area contributed by atoms with E-state index in [4.69, 9.17) is 10.5 Å². The van der Waals surface area contributed by atoms with Crippen LogP contribution in [-0.4, -0.2) is 41.2 Å². The standard InChI is InChI=1S/C32H33N3O4/c1-4-34-32(38)23-9-7-8-21(14-23)12-13-22-15-27(30(39-20(2)3)28(16-22)31(33)37)25(19-36)17-24-18-35-29-11-6-5-10-26(24)29/h5-11,14-16,18,20,25,35-36H,4,17,19H2,1-3H3,(H2,33,37)(H,34,38)/t25-/m0/s1. The average molecular weight is 524 g/mol. The lowest BCUT2D eigenvalue weighted by Crippen LogP contribution is -2.22. The Bertz CT molecular complexity index is 1560. The Morgan fingerprint density at radius 2 is 1.82 bits per heavy atom. The van der Waals surface area contributed by atoms with Crippen molar-refractivity contribution in [2.75, 3.05) is 13.2 Å². The number of H-pyrrole nitrogens is 1. The number of para-hydroxylation sites is 1. The van der Waals surface area contributed by atoms with E-state index in [9.17, 15) is 14.7 Å². The minimum Gasteiger partial charge on any atom is -0.490 e. The molecule has 7 nitrogen and oxygen atoms in total. The summed E-state index contributed by atoms with van der Waals surface area (Å²) >= 11 is 0. The number of amides is 2. The van der Waals surface area contributed by atoms with Crippen LogP contribution in [0.15, 0.2) is 66.9 Å². The lowest BCUT2D eigenvalue weighted by Gasteiger charge is -2.23. The Balaban J connectivity index is 1.78. The molecule has 1 atom stereocenters. The third-order valence-electron chi connectivity index (χ3n) is 6.35. The van der Waals surface area contributed by atoms with Gasteiger partial charge in [-0.15, -0.1) is 0 Å². The van der Waals surface area contributed by atoms with E-state index >= 15 is 0 Å². The molecule has 0 saturated heterocycles. The number of aliphatic hydroxyl groups excluding tert-OH is 1. The number of nitrogens with one attached hydrogen (secondary N) is 2. The van der Waals surface area contributed by atoms with Crippen molar-refractivity contribution < 1.29 is 19.4 Å². The number of hydrogen-bond acceptors (Lipinski definition) is 4. The Morgan fingerprint density at radius 3 is 2.54 bits per heavy atom. The summed E-state index contributed by atoms with van der Waals surface area (Å²) in [4.78, 5) is 28.1. The highest BCUT2D eigenvalue weighted by molar-refractivity contribution is 5.97. The highest BCUT2D eigenvalue weighted by Crippen LogP contribution is 2.35. The van der Waals surface area contributed by atoms with E-state index in [0.29, 0.717) is 41.0 Å². The quantitative estimate of drug-likeness (QED) is 0.241. The number of rotatable bonds is 9. The maximum atomic E-state index is 12.5. The molecule has 7 heteroatoms. The molecule has 1 aromatic heterocycles. The fourth-order valence-corrected chi connectivity index (χ4v) is 4.56. The molecule has 39 heavy (non-hydrogen) atoms. The van der Waals surface area contributed by atoms with Gasteiger partial charge in [-0.1, -0.05) is 36.1 Å². The minimum atomic E-state index is -0.641. The zero-order chi connectivity index (χ0) is 27.9. The van der Waals surface area contributed by atoms with Crippen LogP contribution in [0.3, 0.4) is 0 Å². The molecule has 5 N–H and O–H groups in total. The van der Waals surface area contributed by atoms with Crippen LogP contribution < -0.4 is 15.8 Å². The predicted molar refractivity (Wildman–Crippen MR) is 153 cm³/mol. The number of aliphatic hydroxyl groups is 1. The van der Waals surface area contributed by atoms with E-state index < -0.39 is 5.91 Å². The maximum Gasteiger partial charge on any atom is 0.252 e. The van der Waals surface area contributed by atoms with Crippen molar-refractivity contribution >= 4 is 22.7 Å². The molecule has 0 fully saturated rings. The smallest absolute Gasteiger partial charge is 0.252 e. The van der Waals surface area contributed by atoms with Crippen molar-refractivity contribution in [3.8, 4) is 17.6 Å². The van der Waals surface area contributed by atoms with E-state index in [1.165, 1.54) is 0 Å². The van der Waals surface area contributed by atoms with Crippen molar-refractivity contribution in [1.29, 1.82) is 0 Å². The number of carbonyl (C=O) groups is 2. The number of benzene rings is 3. The molecular formula is C32H33N3O4. The van der Waals surface area contributed by atoms with Gasteiger partial charge in [0, 0.05) is 51.8 Å². The summed E-state index contributed by atoms with van der Waals surface area (Å²) in [5, 5.41) is 14.4. The SMILES string of the molecule is CCNC(=O)c1cccc(C#Cc2cc(C(N)=O)c(OC(C)C)c([C@H](CO)Cc3c[nH]c4ccccc34)c2)c1. The third-order valence-corrected chi connectivity index (χ3v) is 6.35. The average Bonchev–Trinajstić information content (AvgIpc) is 3.33. The van der Waals surface area contributed by atoms with Gasteiger partial charge in [-0.3, -0.25) is 9.59 Å². The fraction of sp³-hybridized carbons (Fsp3) is 0.250. The molecule has 0 radical (unpaired) electrons. The van der Waals surface area contributed by atoms with Crippen LogP contribution in [0.25, 0.3) is 10.9 Å². The van der Waals surface area contributed by atoms with Gasteiger partial charge in [-0.2, -0.15) is 0 Å².